The molecule has 0 aromatic rings. The predicted octanol–water partition coefficient (Wildman–Crippen LogP) is 5.57. The number of hydrogen-bond donors (Lipinski definition) is 0. The summed E-state index contributed by atoms with van der Waals surface area (Å²) < 4.78 is 0. The predicted molar refractivity (Wildman–Crippen MR) is 135 cm³/mol. The lowest BCUT2D eigenvalue weighted by Gasteiger charge is -2.36. The second kappa shape index (κ2) is 11.9. The van der Waals surface area contributed by atoms with E-state index in [4.69, 9.17) is 0 Å². The molecule has 0 aromatic carbocycles. The van der Waals surface area contributed by atoms with Crippen molar-refractivity contribution in [3.8, 4) is 0 Å². The Bertz CT molecular complexity index is 756. The summed E-state index contributed by atoms with van der Waals surface area (Å²) in [6.45, 7) is 16.2. The Morgan fingerprint density at radius 1 is 0.559 bits per heavy atom. The second-order valence-corrected chi connectivity index (χ2v) is 11.4. The van der Waals surface area contributed by atoms with Crippen molar-refractivity contribution in [3.63, 3.8) is 0 Å². The zero-order valence-electron chi connectivity index (χ0n) is 21.8. The zero-order valence-corrected chi connectivity index (χ0v) is 21.8. The van der Waals surface area contributed by atoms with E-state index in [1.165, 1.54) is 22.6 Å². The quantitative estimate of drug-likeness (QED) is 0.199. The number of amides is 4. The molecule has 0 atom stereocenters. The van der Waals surface area contributed by atoms with E-state index in [0.717, 1.165) is 51.4 Å². The lowest BCUT2D eigenvalue weighted by molar-refractivity contribution is -0.153. The second-order valence-electron chi connectivity index (χ2n) is 11.4. The molecule has 0 spiro atoms. The minimum Gasteiger partial charge on any atom is -0.278 e. The molecule has 190 valence electrons. The van der Waals surface area contributed by atoms with Crippen molar-refractivity contribution < 1.29 is 19.2 Å². The summed E-state index contributed by atoms with van der Waals surface area (Å²) in [5.74, 6) is -0.556. The minimum absolute atomic E-state index is 0.0763. The van der Waals surface area contributed by atoms with Gasteiger partial charge in [0.2, 0.25) is 11.8 Å². The van der Waals surface area contributed by atoms with Crippen LogP contribution < -0.4 is 0 Å². The van der Waals surface area contributed by atoms with Gasteiger partial charge in [0.25, 0.3) is 11.8 Å². The first kappa shape index (κ1) is 28.0. The fourth-order valence-electron chi connectivity index (χ4n) is 5.03. The molecule has 2 aliphatic heterocycles. The van der Waals surface area contributed by atoms with Gasteiger partial charge in [-0.2, -0.15) is 0 Å². The number of likely N-dealkylation sites (tertiary alicyclic amines) is 2. The number of unbranched alkanes of at least 4 members (excludes halogenated alkanes) is 9. The lowest BCUT2D eigenvalue weighted by Crippen LogP contribution is -2.50. The Hall–Kier alpha value is -2.24. The van der Waals surface area contributed by atoms with Gasteiger partial charge in [0.15, 0.2) is 0 Å². The van der Waals surface area contributed by atoms with E-state index in [1.54, 1.807) is 0 Å². The number of piperidine rings is 2. The van der Waals surface area contributed by atoms with Crippen LogP contribution in [0.1, 0.15) is 105 Å². The van der Waals surface area contributed by atoms with E-state index in [2.05, 4.69) is 13.2 Å². The number of nitrogens with zero attached hydrogens (tertiary/aromatic N) is 2. The molecule has 4 amide bonds. The van der Waals surface area contributed by atoms with Crippen molar-refractivity contribution in [1.29, 1.82) is 0 Å². The molecule has 0 radical (unpaired) electrons. The molecule has 2 aliphatic rings. The van der Waals surface area contributed by atoms with E-state index >= 15 is 0 Å². The molecule has 0 unspecified atom stereocenters. The SMILES string of the molecule is C=C1CC(C)(C)C(=O)N(CCCCCCCCCCCCN2C(=O)C(=C)CC(C)(C)C2=O)C1=O. The van der Waals surface area contributed by atoms with Gasteiger partial charge in [0.1, 0.15) is 0 Å². The summed E-state index contributed by atoms with van der Waals surface area (Å²) in [6.07, 6.45) is 11.5. The van der Waals surface area contributed by atoms with E-state index in [-0.39, 0.29) is 23.6 Å². The Labute approximate surface area is 205 Å². The van der Waals surface area contributed by atoms with Crippen LogP contribution >= 0.6 is 0 Å². The van der Waals surface area contributed by atoms with Gasteiger partial charge in [-0.3, -0.25) is 29.0 Å². The summed E-state index contributed by atoms with van der Waals surface area (Å²) in [6, 6.07) is 0. The van der Waals surface area contributed by atoms with Gasteiger partial charge < -0.3 is 0 Å². The fraction of sp³-hybridized carbons (Fsp3) is 0.714. The van der Waals surface area contributed by atoms with Crippen LogP contribution in [0.15, 0.2) is 24.3 Å². The third-order valence-electron chi connectivity index (χ3n) is 7.07. The standard InChI is InChI=1S/C28H44N2O4/c1-21-19-27(3,4)25(33)29(23(21)31)17-15-13-11-9-7-8-10-12-14-16-18-30-24(32)22(2)20-28(5,6)26(30)34/h1-2,7-20H2,3-6H3. The fourth-order valence-corrected chi connectivity index (χ4v) is 5.03. The van der Waals surface area contributed by atoms with Crippen molar-refractivity contribution in [2.24, 2.45) is 10.8 Å². The molecule has 0 aromatic heterocycles. The van der Waals surface area contributed by atoms with Gasteiger partial charge in [-0.1, -0.05) is 92.2 Å². The number of hydrogen-bond acceptors (Lipinski definition) is 4. The normalized spacial score (nSPS) is 20.5. The molecule has 6 heteroatoms. The lowest BCUT2D eigenvalue weighted by atomic mass is 9.80. The Morgan fingerprint density at radius 3 is 1.12 bits per heavy atom. The average Bonchev–Trinajstić information content (AvgIpc) is 2.75. The Balaban J connectivity index is 1.50. The number of imide groups is 2. The highest BCUT2D eigenvalue weighted by Crippen LogP contribution is 2.34. The molecule has 0 aliphatic carbocycles. The summed E-state index contributed by atoms with van der Waals surface area (Å²) in [5.41, 5.74) is 0.00497. The molecule has 2 saturated heterocycles. The highest BCUT2D eigenvalue weighted by molar-refractivity contribution is 6.09. The summed E-state index contributed by atoms with van der Waals surface area (Å²) in [7, 11) is 0. The number of carbonyl (C=O) groups is 4. The number of carbonyl (C=O) groups excluding carboxylic acids is 4. The monoisotopic (exact) mass is 472 g/mol. The molecular weight excluding hydrogens is 428 g/mol. The Morgan fingerprint density at radius 2 is 0.824 bits per heavy atom. The first-order valence-electron chi connectivity index (χ1n) is 13.0. The molecule has 2 rings (SSSR count). The van der Waals surface area contributed by atoms with Crippen molar-refractivity contribution in [3.05, 3.63) is 24.3 Å². The average molecular weight is 473 g/mol. The van der Waals surface area contributed by atoms with Crippen LogP contribution in [-0.4, -0.2) is 46.5 Å². The van der Waals surface area contributed by atoms with Crippen LogP contribution in [0.5, 0.6) is 0 Å². The van der Waals surface area contributed by atoms with Gasteiger partial charge >= 0.3 is 0 Å². The highest BCUT2D eigenvalue weighted by Gasteiger charge is 2.42. The van der Waals surface area contributed by atoms with Gasteiger partial charge in [-0.25, -0.2) is 0 Å². The van der Waals surface area contributed by atoms with Crippen LogP contribution in [0, 0.1) is 10.8 Å². The maximum Gasteiger partial charge on any atom is 0.255 e. The molecule has 0 bridgehead atoms. The van der Waals surface area contributed by atoms with Gasteiger partial charge in [0.05, 0.1) is 0 Å². The maximum atomic E-state index is 12.5. The van der Waals surface area contributed by atoms with Crippen molar-refractivity contribution >= 4 is 23.6 Å². The van der Waals surface area contributed by atoms with Crippen LogP contribution in [0.4, 0.5) is 0 Å². The molecule has 0 N–H and O–H groups in total. The molecular formula is C28H44N2O4. The third kappa shape index (κ3) is 7.13. The van der Waals surface area contributed by atoms with Crippen molar-refractivity contribution in [2.75, 3.05) is 13.1 Å². The van der Waals surface area contributed by atoms with Gasteiger partial charge in [-0.05, 0) is 25.7 Å². The van der Waals surface area contributed by atoms with E-state index in [0.29, 0.717) is 37.1 Å². The van der Waals surface area contributed by atoms with E-state index in [9.17, 15) is 19.2 Å². The summed E-state index contributed by atoms with van der Waals surface area (Å²) in [4.78, 5) is 52.3. The third-order valence-corrected chi connectivity index (χ3v) is 7.07. The first-order chi connectivity index (χ1) is 15.9. The van der Waals surface area contributed by atoms with Crippen LogP contribution in [0.2, 0.25) is 0 Å². The van der Waals surface area contributed by atoms with Gasteiger partial charge in [-0.15, -0.1) is 0 Å². The molecule has 34 heavy (non-hydrogen) atoms. The smallest absolute Gasteiger partial charge is 0.255 e. The highest BCUT2D eigenvalue weighted by atomic mass is 16.2. The van der Waals surface area contributed by atoms with Crippen molar-refractivity contribution in [2.45, 2.75) is 105 Å². The first-order valence-corrected chi connectivity index (χ1v) is 13.0. The largest absolute Gasteiger partial charge is 0.278 e. The van der Waals surface area contributed by atoms with Crippen LogP contribution in [0.25, 0.3) is 0 Å². The summed E-state index contributed by atoms with van der Waals surface area (Å²) >= 11 is 0. The van der Waals surface area contributed by atoms with E-state index in [1.807, 2.05) is 27.7 Å². The molecule has 6 nitrogen and oxygen atoms in total. The maximum absolute atomic E-state index is 12.5. The minimum atomic E-state index is -0.533. The van der Waals surface area contributed by atoms with E-state index < -0.39 is 10.8 Å². The summed E-state index contributed by atoms with van der Waals surface area (Å²) in [5, 5.41) is 0. The van der Waals surface area contributed by atoms with Crippen LogP contribution in [0.3, 0.4) is 0 Å². The zero-order chi connectivity index (χ0) is 25.5. The van der Waals surface area contributed by atoms with Crippen LogP contribution in [-0.2, 0) is 19.2 Å². The van der Waals surface area contributed by atoms with Gasteiger partial charge in [0, 0.05) is 35.1 Å². The number of rotatable bonds is 13. The molecule has 0 saturated carbocycles. The van der Waals surface area contributed by atoms with Crippen molar-refractivity contribution in [1.82, 2.24) is 9.80 Å². The molecule has 2 fully saturated rings. The molecule has 2 heterocycles. The topological polar surface area (TPSA) is 74.8 Å². The Kier molecular flexibility index (Phi) is 9.84.